The number of methoxy groups -OCH3 is 1. The van der Waals surface area contributed by atoms with E-state index < -0.39 is 0 Å². The molecule has 0 unspecified atom stereocenters. The predicted octanol–water partition coefficient (Wildman–Crippen LogP) is 3.95. The fourth-order valence-electron chi connectivity index (χ4n) is 4.17. The van der Waals surface area contributed by atoms with Gasteiger partial charge in [-0.05, 0) is 75.0 Å². The zero-order chi connectivity index (χ0) is 19.1. The fourth-order valence-corrected chi connectivity index (χ4v) is 4.50. The molecule has 0 radical (unpaired) electrons. The maximum Gasteiger partial charge on any atom is 0.253 e. The zero-order valence-electron chi connectivity index (χ0n) is 16.3. The quantitative estimate of drug-likeness (QED) is 0.722. The van der Waals surface area contributed by atoms with Gasteiger partial charge >= 0.3 is 0 Å². The number of benzene rings is 1. The summed E-state index contributed by atoms with van der Waals surface area (Å²) in [5, 5.41) is 7.44. The fraction of sp³-hybridized carbons (Fsp3) is 0.619. The monoisotopic (exact) mass is 389 g/mol. The van der Waals surface area contributed by atoms with Gasteiger partial charge in [0, 0.05) is 43.6 Å². The molecule has 1 amide bonds. The van der Waals surface area contributed by atoms with Gasteiger partial charge in [-0.3, -0.25) is 4.79 Å². The highest BCUT2D eigenvalue weighted by Crippen LogP contribution is 2.32. The number of carbonyl (C=O) groups excluding carboxylic acids is 1. The summed E-state index contributed by atoms with van der Waals surface area (Å²) in [5.41, 5.74) is 1.70. The van der Waals surface area contributed by atoms with Crippen LogP contribution in [0, 0.1) is 0 Å². The molecule has 1 heterocycles. The summed E-state index contributed by atoms with van der Waals surface area (Å²) in [6, 6.07) is 7.64. The highest BCUT2D eigenvalue weighted by molar-refractivity contribution is 7.80. The molecular weight excluding hydrogens is 358 g/mol. The predicted molar refractivity (Wildman–Crippen MR) is 113 cm³/mol. The number of rotatable bonds is 6. The van der Waals surface area contributed by atoms with Crippen molar-refractivity contribution in [2.45, 2.75) is 56.9 Å². The van der Waals surface area contributed by atoms with E-state index in [-0.39, 0.29) is 11.4 Å². The summed E-state index contributed by atoms with van der Waals surface area (Å²) in [6.07, 6.45) is 9.12. The van der Waals surface area contributed by atoms with Crippen molar-refractivity contribution in [2.24, 2.45) is 0 Å². The van der Waals surface area contributed by atoms with Crippen LogP contribution in [-0.2, 0) is 4.74 Å². The number of piperidine rings is 1. The van der Waals surface area contributed by atoms with Crippen molar-refractivity contribution in [1.29, 1.82) is 0 Å². The SMILES string of the molecule is COCCC1(NC(=S)Nc2ccc(C(=O)N3CCCCC3)cc2)CCCC1. The number of hydrogen-bond donors (Lipinski definition) is 2. The molecule has 2 fully saturated rings. The van der Waals surface area contributed by atoms with E-state index in [1.807, 2.05) is 29.2 Å². The van der Waals surface area contributed by atoms with E-state index in [4.69, 9.17) is 17.0 Å². The van der Waals surface area contributed by atoms with E-state index in [1.165, 1.54) is 19.3 Å². The van der Waals surface area contributed by atoms with Crippen molar-refractivity contribution in [3.8, 4) is 0 Å². The molecule has 1 aliphatic heterocycles. The minimum absolute atomic E-state index is 0.0459. The van der Waals surface area contributed by atoms with Gasteiger partial charge in [-0.2, -0.15) is 0 Å². The maximum absolute atomic E-state index is 12.6. The molecule has 0 bridgehead atoms. The van der Waals surface area contributed by atoms with Crippen molar-refractivity contribution >= 4 is 28.9 Å². The molecule has 0 spiro atoms. The second kappa shape index (κ2) is 9.51. The van der Waals surface area contributed by atoms with E-state index >= 15 is 0 Å². The number of thiocarbonyl (C=S) groups is 1. The van der Waals surface area contributed by atoms with Gasteiger partial charge in [-0.1, -0.05) is 12.8 Å². The Morgan fingerprint density at radius 3 is 2.41 bits per heavy atom. The molecule has 1 saturated carbocycles. The van der Waals surface area contributed by atoms with Gasteiger partial charge in [0.2, 0.25) is 0 Å². The Hall–Kier alpha value is -1.66. The topological polar surface area (TPSA) is 53.6 Å². The standard InChI is InChI=1S/C21H31N3O2S/c1-26-16-13-21(11-3-4-12-21)23-20(27)22-18-9-7-17(8-10-18)19(25)24-14-5-2-6-15-24/h7-10H,2-6,11-16H2,1H3,(H2,22,23,27). The smallest absolute Gasteiger partial charge is 0.253 e. The minimum atomic E-state index is 0.0459. The number of nitrogens with one attached hydrogen (secondary N) is 2. The maximum atomic E-state index is 12.6. The minimum Gasteiger partial charge on any atom is -0.385 e. The first kappa shape index (κ1) is 20.1. The van der Waals surface area contributed by atoms with E-state index in [9.17, 15) is 4.79 Å². The van der Waals surface area contributed by atoms with E-state index in [0.29, 0.717) is 5.11 Å². The van der Waals surface area contributed by atoms with E-state index in [1.54, 1.807) is 7.11 Å². The van der Waals surface area contributed by atoms with Gasteiger partial charge in [0.15, 0.2) is 5.11 Å². The van der Waals surface area contributed by atoms with Crippen LogP contribution in [0.15, 0.2) is 24.3 Å². The Morgan fingerprint density at radius 1 is 1.11 bits per heavy atom. The third-order valence-electron chi connectivity index (χ3n) is 5.76. The summed E-state index contributed by atoms with van der Waals surface area (Å²) in [7, 11) is 1.74. The molecule has 148 valence electrons. The number of ether oxygens (including phenoxy) is 1. The van der Waals surface area contributed by atoms with Crippen LogP contribution >= 0.6 is 12.2 Å². The lowest BCUT2D eigenvalue weighted by Gasteiger charge is -2.31. The molecule has 5 nitrogen and oxygen atoms in total. The Morgan fingerprint density at radius 2 is 1.78 bits per heavy atom. The molecule has 0 atom stereocenters. The second-order valence-electron chi connectivity index (χ2n) is 7.74. The molecule has 2 aliphatic rings. The van der Waals surface area contributed by atoms with E-state index in [0.717, 1.165) is 63.1 Å². The lowest BCUT2D eigenvalue weighted by Crippen LogP contribution is -2.48. The first-order valence-corrected chi connectivity index (χ1v) is 10.5. The van der Waals surface area contributed by atoms with Crippen LogP contribution in [0.4, 0.5) is 5.69 Å². The van der Waals surface area contributed by atoms with Crippen LogP contribution in [0.2, 0.25) is 0 Å². The van der Waals surface area contributed by atoms with Crippen molar-refractivity contribution in [3.63, 3.8) is 0 Å². The Bertz CT molecular complexity index is 635. The van der Waals surface area contributed by atoms with Crippen LogP contribution in [0.25, 0.3) is 0 Å². The number of carbonyl (C=O) groups is 1. The number of likely N-dealkylation sites (tertiary alicyclic amines) is 1. The van der Waals surface area contributed by atoms with Crippen LogP contribution < -0.4 is 10.6 Å². The second-order valence-corrected chi connectivity index (χ2v) is 8.15. The van der Waals surface area contributed by atoms with Gasteiger partial charge in [-0.15, -0.1) is 0 Å². The molecule has 2 N–H and O–H groups in total. The lowest BCUT2D eigenvalue weighted by molar-refractivity contribution is 0.0724. The largest absolute Gasteiger partial charge is 0.385 e. The van der Waals surface area contributed by atoms with Crippen molar-refractivity contribution in [3.05, 3.63) is 29.8 Å². The summed E-state index contributed by atoms with van der Waals surface area (Å²) in [4.78, 5) is 14.5. The van der Waals surface area contributed by atoms with Crippen LogP contribution in [0.1, 0.15) is 61.7 Å². The molecule has 1 saturated heterocycles. The molecular formula is C21H31N3O2S. The third-order valence-corrected chi connectivity index (χ3v) is 5.96. The number of anilines is 1. The third kappa shape index (κ3) is 5.42. The van der Waals surface area contributed by atoms with Crippen molar-refractivity contribution < 1.29 is 9.53 Å². The number of nitrogens with zero attached hydrogens (tertiary/aromatic N) is 1. The first-order chi connectivity index (χ1) is 13.1. The summed E-state index contributed by atoms with van der Waals surface area (Å²) in [5.74, 6) is 0.131. The van der Waals surface area contributed by atoms with Gasteiger partial charge in [-0.25, -0.2) is 0 Å². The van der Waals surface area contributed by atoms with Crippen LogP contribution in [0.5, 0.6) is 0 Å². The molecule has 1 aromatic carbocycles. The van der Waals surface area contributed by atoms with E-state index in [2.05, 4.69) is 10.6 Å². The molecule has 3 rings (SSSR count). The summed E-state index contributed by atoms with van der Waals surface area (Å²) < 4.78 is 5.27. The van der Waals surface area contributed by atoms with Crippen molar-refractivity contribution in [1.82, 2.24) is 10.2 Å². The van der Waals surface area contributed by atoms with Crippen LogP contribution in [-0.4, -0.2) is 48.3 Å². The average molecular weight is 390 g/mol. The highest BCUT2D eigenvalue weighted by atomic mass is 32.1. The number of amides is 1. The molecule has 1 aromatic rings. The number of hydrogen-bond acceptors (Lipinski definition) is 3. The molecule has 6 heteroatoms. The molecule has 1 aliphatic carbocycles. The normalized spacial score (nSPS) is 18.9. The van der Waals surface area contributed by atoms with Gasteiger partial charge in [0.25, 0.3) is 5.91 Å². The van der Waals surface area contributed by atoms with Gasteiger partial charge < -0.3 is 20.3 Å². The molecule has 0 aromatic heterocycles. The highest BCUT2D eigenvalue weighted by Gasteiger charge is 2.34. The summed E-state index contributed by atoms with van der Waals surface area (Å²) in [6.45, 7) is 2.48. The lowest BCUT2D eigenvalue weighted by atomic mass is 9.94. The zero-order valence-corrected chi connectivity index (χ0v) is 17.1. The molecule has 27 heavy (non-hydrogen) atoms. The Balaban J connectivity index is 1.55. The van der Waals surface area contributed by atoms with Gasteiger partial charge in [0.05, 0.1) is 0 Å². The Kier molecular flexibility index (Phi) is 7.07. The summed E-state index contributed by atoms with van der Waals surface area (Å²) >= 11 is 5.54. The Labute approximate surface area is 167 Å². The average Bonchev–Trinajstić information content (AvgIpc) is 3.15. The van der Waals surface area contributed by atoms with Gasteiger partial charge in [0.1, 0.15) is 0 Å². The van der Waals surface area contributed by atoms with Crippen molar-refractivity contribution in [2.75, 3.05) is 32.1 Å². The first-order valence-electron chi connectivity index (χ1n) is 10.1. The van der Waals surface area contributed by atoms with Crippen LogP contribution in [0.3, 0.4) is 0 Å².